The summed E-state index contributed by atoms with van der Waals surface area (Å²) in [6.07, 6.45) is 11.2. The van der Waals surface area contributed by atoms with Crippen LogP contribution in [-0.4, -0.2) is 22.5 Å². The van der Waals surface area contributed by atoms with Gasteiger partial charge in [-0.1, -0.05) is 11.3 Å². The molecule has 4 bridgehead atoms. The summed E-state index contributed by atoms with van der Waals surface area (Å²) in [4.78, 5) is 22.4. The lowest BCUT2D eigenvalue weighted by molar-refractivity contribution is -0.689. The van der Waals surface area contributed by atoms with E-state index < -0.39 is 0 Å². The molecular weight excluding hydrogens is 479 g/mol. The third kappa shape index (κ3) is 5.63. The van der Waals surface area contributed by atoms with Crippen LogP contribution in [0.1, 0.15) is 66.9 Å². The number of nitrogen functional groups attached to an aromatic ring is 1. The molecule has 2 aromatic heterocycles. The second-order valence-electron chi connectivity index (χ2n) is 10.3. The highest BCUT2D eigenvalue weighted by Gasteiger charge is 2.51. The molecule has 0 amide bonds. The minimum Gasteiger partial charge on any atom is -1.00 e. The van der Waals surface area contributed by atoms with Crippen LogP contribution in [0.5, 0.6) is 0 Å². The molecule has 0 saturated heterocycles. The van der Waals surface area contributed by atoms with E-state index in [-0.39, 0.29) is 36.2 Å². The van der Waals surface area contributed by atoms with Crippen LogP contribution in [0.4, 0.5) is 5.82 Å². The maximum atomic E-state index is 12.7. The van der Waals surface area contributed by atoms with Crippen molar-refractivity contribution in [3.8, 4) is 0 Å². The van der Waals surface area contributed by atoms with Crippen LogP contribution in [0, 0.1) is 37.0 Å². The molecule has 0 radical (unpaired) electrons. The number of halogens is 2. The molecule has 2 N–H and O–H groups in total. The Morgan fingerprint density at radius 3 is 2.42 bits per heavy atom. The molecular formula is C24H33Cl2N4O2S-. The summed E-state index contributed by atoms with van der Waals surface area (Å²) in [5, 5.41) is 0. The van der Waals surface area contributed by atoms with Gasteiger partial charge in [0.05, 0.1) is 23.5 Å². The standard InChI is InChI=1S/C24H33N4O2S.2ClH/c1-15-21(31-14-28(15)13-20-12-26-16(2)27-23(20)25)3-4-30-22(29)11-24-8-17-5-18(9-24)7-19(6-17)10-24;;/h12,14,17-19H,3-11,13H2,1-2H3,(H2,25,26,27);2*1H/q+1;;/p-2. The van der Waals surface area contributed by atoms with Gasteiger partial charge in [-0.25, -0.2) is 9.97 Å². The lowest BCUT2D eigenvalue weighted by Gasteiger charge is -2.56. The van der Waals surface area contributed by atoms with Gasteiger partial charge in [0.15, 0.2) is 12.2 Å². The van der Waals surface area contributed by atoms with E-state index in [1.54, 1.807) is 17.5 Å². The molecule has 0 atom stereocenters. The van der Waals surface area contributed by atoms with Gasteiger partial charge in [-0.05, 0) is 68.6 Å². The molecule has 182 valence electrons. The van der Waals surface area contributed by atoms with Crippen molar-refractivity contribution >= 4 is 23.1 Å². The number of nitrogens with zero attached hydrogens (tertiary/aromatic N) is 3. The van der Waals surface area contributed by atoms with Crippen molar-refractivity contribution in [3.63, 3.8) is 0 Å². The van der Waals surface area contributed by atoms with Crippen LogP contribution in [-0.2, 0) is 22.5 Å². The Morgan fingerprint density at radius 2 is 1.82 bits per heavy atom. The van der Waals surface area contributed by atoms with Crippen LogP contribution in [0.25, 0.3) is 0 Å². The largest absolute Gasteiger partial charge is 1.00 e. The normalized spacial score (nSPS) is 27.0. The van der Waals surface area contributed by atoms with Crippen molar-refractivity contribution in [1.29, 1.82) is 0 Å². The van der Waals surface area contributed by atoms with Crippen LogP contribution in [0.2, 0.25) is 0 Å². The first-order valence-electron chi connectivity index (χ1n) is 11.6. The maximum absolute atomic E-state index is 12.7. The fraction of sp³-hybridized carbons (Fsp3) is 0.667. The molecule has 6 rings (SSSR count). The number of rotatable bonds is 7. The van der Waals surface area contributed by atoms with Crippen molar-refractivity contribution in [2.24, 2.45) is 23.2 Å². The first-order chi connectivity index (χ1) is 14.9. The minimum atomic E-state index is 0. The van der Waals surface area contributed by atoms with Crippen molar-refractivity contribution in [1.82, 2.24) is 9.97 Å². The Labute approximate surface area is 212 Å². The van der Waals surface area contributed by atoms with Crippen molar-refractivity contribution in [2.75, 3.05) is 12.3 Å². The van der Waals surface area contributed by atoms with Crippen molar-refractivity contribution < 1.29 is 38.9 Å². The predicted octanol–water partition coefficient (Wildman–Crippen LogP) is -2.23. The molecule has 0 unspecified atom stereocenters. The Balaban J connectivity index is 0.00000153. The third-order valence-electron chi connectivity index (χ3n) is 7.79. The van der Waals surface area contributed by atoms with Gasteiger partial charge >= 0.3 is 5.97 Å². The zero-order valence-electron chi connectivity index (χ0n) is 19.4. The van der Waals surface area contributed by atoms with Crippen LogP contribution in [0.3, 0.4) is 0 Å². The summed E-state index contributed by atoms with van der Waals surface area (Å²) in [6, 6.07) is 0. The summed E-state index contributed by atoms with van der Waals surface area (Å²) >= 11 is 1.70. The number of thiazole rings is 1. The summed E-state index contributed by atoms with van der Waals surface area (Å²) in [5.74, 6) is 3.84. The number of hydrogen-bond donors (Lipinski definition) is 1. The van der Waals surface area contributed by atoms with Crippen molar-refractivity contribution in [2.45, 2.75) is 71.8 Å². The fourth-order valence-electron chi connectivity index (χ4n) is 6.79. The molecule has 0 aromatic carbocycles. The van der Waals surface area contributed by atoms with Gasteiger partial charge in [-0.2, -0.15) is 4.57 Å². The molecule has 4 saturated carbocycles. The van der Waals surface area contributed by atoms with Gasteiger partial charge in [-0.3, -0.25) is 4.79 Å². The maximum Gasteiger partial charge on any atom is 0.306 e. The quantitative estimate of drug-likeness (QED) is 0.336. The Hall–Kier alpha value is -1.44. The molecule has 4 fully saturated rings. The monoisotopic (exact) mass is 511 g/mol. The number of ether oxygens (including phenoxy) is 1. The number of carbonyl (C=O) groups excluding carboxylic acids is 1. The van der Waals surface area contributed by atoms with E-state index in [0.717, 1.165) is 29.7 Å². The van der Waals surface area contributed by atoms with E-state index in [1.165, 1.54) is 49.1 Å². The number of nitrogens with two attached hydrogens (primary N) is 1. The fourth-order valence-corrected chi connectivity index (χ4v) is 7.76. The van der Waals surface area contributed by atoms with E-state index in [4.69, 9.17) is 10.5 Å². The number of carbonyl (C=O) groups is 1. The predicted molar refractivity (Wildman–Crippen MR) is 119 cm³/mol. The molecule has 4 aliphatic carbocycles. The van der Waals surface area contributed by atoms with Gasteiger partial charge in [0.25, 0.3) is 0 Å². The van der Waals surface area contributed by atoms with Crippen LogP contribution < -0.4 is 35.1 Å². The third-order valence-corrected chi connectivity index (χ3v) is 8.94. The highest BCUT2D eigenvalue weighted by molar-refractivity contribution is 7.09. The first-order valence-corrected chi connectivity index (χ1v) is 12.5. The summed E-state index contributed by atoms with van der Waals surface area (Å²) in [5.41, 5.74) is 10.5. The summed E-state index contributed by atoms with van der Waals surface area (Å²) in [6.45, 7) is 5.06. The number of hydrogen-bond acceptors (Lipinski definition) is 6. The number of aromatic nitrogens is 3. The van der Waals surface area contributed by atoms with Gasteiger partial charge in [-0.15, -0.1) is 0 Å². The molecule has 9 heteroatoms. The average molecular weight is 513 g/mol. The van der Waals surface area contributed by atoms with Gasteiger partial charge in [0.2, 0.25) is 5.51 Å². The van der Waals surface area contributed by atoms with Gasteiger partial charge < -0.3 is 35.3 Å². The SMILES string of the molecule is Cc1ncc(C[n+]2csc(CCOC(=O)CC34CC5CC(CC(C5)C3)C4)c2C)c(N)n1.[Cl-].[Cl-]. The zero-order valence-corrected chi connectivity index (χ0v) is 21.7. The molecule has 4 aliphatic rings. The molecule has 6 nitrogen and oxygen atoms in total. The van der Waals surface area contributed by atoms with Gasteiger partial charge in [0.1, 0.15) is 11.6 Å². The zero-order chi connectivity index (χ0) is 21.6. The Morgan fingerprint density at radius 1 is 1.18 bits per heavy atom. The van der Waals surface area contributed by atoms with Crippen molar-refractivity contribution in [3.05, 3.63) is 33.7 Å². The number of aryl methyl sites for hydroxylation is 1. The molecule has 2 heterocycles. The van der Waals surface area contributed by atoms with Crippen LogP contribution in [0.15, 0.2) is 11.7 Å². The molecule has 33 heavy (non-hydrogen) atoms. The summed E-state index contributed by atoms with van der Waals surface area (Å²) < 4.78 is 7.89. The lowest BCUT2D eigenvalue weighted by Crippen LogP contribution is -3.00. The van der Waals surface area contributed by atoms with Gasteiger partial charge in [0, 0.05) is 19.5 Å². The second-order valence-corrected chi connectivity index (χ2v) is 11.2. The molecule has 2 aromatic rings. The van der Waals surface area contributed by atoms with E-state index in [1.807, 2.05) is 6.92 Å². The molecule has 0 spiro atoms. The highest BCUT2D eigenvalue weighted by atomic mass is 35.5. The lowest BCUT2D eigenvalue weighted by atomic mass is 9.49. The minimum absolute atomic E-state index is 0. The second kappa shape index (κ2) is 10.4. The average Bonchev–Trinajstić information content (AvgIpc) is 3.02. The van der Waals surface area contributed by atoms with E-state index in [0.29, 0.717) is 31.2 Å². The smallest absolute Gasteiger partial charge is 0.306 e. The Bertz CT molecular complexity index is 962. The Kier molecular flexibility index (Phi) is 8.28. The van der Waals surface area contributed by atoms with E-state index >= 15 is 0 Å². The number of anilines is 1. The topological polar surface area (TPSA) is 82.0 Å². The summed E-state index contributed by atoms with van der Waals surface area (Å²) in [7, 11) is 0. The molecule has 0 aliphatic heterocycles. The van der Waals surface area contributed by atoms with E-state index in [9.17, 15) is 4.79 Å². The highest BCUT2D eigenvalue weighted by Crippen LogP contribution is 2.61. The number of esters is 1. The van der Waals surface area contributed by atoms with E-state index in [2.05, 4.69) is 27.0 Å². The first kappa shape index (κ1) is 26.2. The van der Waals surface area contributed by atoms with Crippen LogP contribution >= 0.6 is 11.3 Å².